The molecule has 1 aliphatic carbocycles. The number of fused-ring (bicyclic) bond motifs is 2. The van der Waals surface area contributed by atoms with E-state index < -0.39 is 39.2 Å². The largest absolute Gasteiger partial charge is 0.871 e. The molecule has 2 unspecified atom stereocenters. The minimum Gasteiger partial charge on any atom is -0.871 e. The van der Waals surface area contributed by atoms with Crippen molar-refractivity contribution in [1.29, 1.82) is 0 Å². The second kappa shape index (κ2) is 17.4. The van der Waals surface area contributed by atoms with Crippen LogP contribution in [0.3, 0.4) is 0 Å². The van der Waals surface area contributed by atoms with Crippen LogP contribution in [0.5, 0.6) is 0 Å². The molecule has 5 rings (SSSR count). The van der Waals surface area contributed by atoms with Crippen LogP contribution in [0.25, 0.3) is 0 Å². The molecule has 0 fully saturated rings. The summed E-state index contributed by atoms with van der Waals surface area (Å²) >= 11 is 0.888. The van der Waals surface area contributed by atoms with E-state index in [0.29, 0.717) is 44.5 Å². The zero-order valence-corrected chi connectivity index (χ0v) is 37.7. The Bertz CT molecular complexity index is 2130. The highest BCUT2D eigenvalue weighted by Gasteiger charge is 2.47. The number of nitrogens with zero attached hydrogens (tertiary/aromatic N) is 2. The number of ketones is 1. The van der Waals surface area contributed by atoms with Gasteiger partial charge in [-0.3, -0.25) is 14.6 Å². The number of carbonyl (C=O) groups excluding carboxylic acids is 2. The Balaban J connectivity index is 1.51. The van der Waals surface area contributed by atoms with Gasteiger partial charge in [-0.15, -0.1) is 0 Å². The number of rotatable bonds is 17. The standard InChI is InChI=1S/C39H51FN2O9P4S/c1-38(2)29-21-25(54(5,6)47)14-16-31(29)41(18-11-9-10-13-35(43)49-53(40)52)33(38)23-27-36(44)28(37(27)45)24-34-39(3,4)30-22-26(55(7,8)48)15-17-32(30)42(34)19-12-20-56-51-50-46/h14-17,21-24H,9-13,18-20,52H2,1-8H3,(H-,44,46)/p-1. The number of hydrogen-bond donors (Lipinski definition) is 0. The number of hydrogen-bond acceptors (Lipinski definition) is 11. The van der Waals surface area contributed by atoms with Crippen molar-refractivity contribution in [3.63, 3.8) is 0 Å². The van der Waals surface area contributed by atoms with Crippen LogP contribution in [0, 0.1) is 0 Å². The molecule has 2 aliphatic heterocycles. The summed E-state index contributed by atoms with van der Waals surface area (Å²) in [7, 11) is -5.67. The SMILES string of the molecule is CC1(C)C(C=C2C(=O)C(/C=C3/N(CCCCCC(=O)OP(F)P)c4ccc(P(C)(C)=O)cc4C3(C)C)=C2[O-])=[N+](CCCSOO[O-])c2ccc(P(C)(C)=O)cc21. The average Bonchev–Trinajstić information content (AvgIpc) is 3.45. The van der Waals surface area contributed by atoms with E-state index in [0.717, 1.165) is 56.6 Å². The maximum absolute atomic E-state index is 14.0. The molecule has 0 radical (unpaired) electrons. The maximum atomic E-state index is 14.0. The Hall–Kier alpha value is -2.45. The van der Waals surface area contributed by atoms with Gasteiger partial charge in [0, 0.05) is 93.4 Å². The summed E-state index contributed by atoms with van der Waals surface area (Å²) in [5.41, 5.74) is 4.00. The van der Waals surface area contributed by atoms with E-state index >= 15 is 0 Å². The molecule has 0 spiro atoms. The molecule has 2 atom stereocenters. The van der Waals surface area contributed by atoms with E-state index in [2.05, 4.69) is 23.4 Å². The first kappa shape index (κ1) is 44.6. The minimum atomic E-state index is -2.60. The normalized spacial score (nSPS) is 19.5. The Kier molecular flexibility index (Phi) is 13.9. The van der Waals surface area contributed by atoms with Crippen LogP contribution in [-0.2, 0) is 43.4 Å². The fraction of sp³-hybridized carbons (Fsp3) is 0.462. The second-order valence-electron chi connectivity index (χ2n) is 16.1. The Morgan fingerprint density at radius 3 is 2.21 bits per heavy atom. The molecule has 17 heteroatoms. The van der Waals surface area contributed by atoms with Crippen LogP contribution < -0.4 is 25.9 Å². The van der Waals surface area contributed by atoms with Gasteiger partial charge in [-0.05, 0) is 104 Å². The number of carbonyl (C=O) groups is 2. The van der Waals surface area contributed by atoms with Crippen molar-refractivity contribution in [2.24, 2.45) is 0 Å². The molecule has 56 heavy (non-hydrogen) atoms. The zero-order chi connectivity index (χ0) is 41.4. The molecule has 2 heterocycles. The number of unbranched alkanes of at least 4 members (excludes halogenated alkanes) is 2. The van der Waals surface area contributed by atoms with Crippen LogP contribution in [0.2, 0.25) is 0 Å². The molecular formula is C39H50FN2O9P4S-. The lowest BCUT2D eigenvalue weighted by Crippen LogP contribution is -2.35. The van der Waals surface area contributed by atoms with Crippen LogP contribution in [0.4, 0.5) is 15.6 Å². The summed E-state index contributed by atoms with van der Waals surface area (Å²) in [6.07, 6.45) is 5.91. The molecule has 0 bridgehead atoms. The number of benzene rings is 2. The summed E-state index contributed by atoms with van der Waals surface area (Å²) in [5, 5.41) is 29.3. The van der Waals surface area contributed by atoms with Crippen molar-refractivity contribution >= 4 is 82.9 Å². The monoisotopic (exact) mass is 865 g/mol. The summed E-state index contributed by atoms with van der Waals surface area (Å²) in [4.78, 5) is 28.0. The molecule has 0 saturated carbocycles. The number of Topliss-reactive ketones (excluding diaryl/α,β-unsaturated/α-hetero) is 1. The van der Waals surface area contributed by atoms with Crippen molar-refractivity contribution < 1.29 is 51.8 Å². The van der Waals surface area contributed by atoms with Gasteiger partial charge in [-0.2, -0.15) is 13.1 Å². The third-order valence-corrected chi connectivity index (χ3v) is 15.0. The van der Waals surface area contributed by atoms with Crippen molar-refractivity contribution in [2.75, 3.05) is 50.4 Å². The predicted octanol–water partition coefficient (Wildman–Crippen LogP) is 6.80. The Labute approximate surface area is 336 Å². The zero-order valence-electron chi connectivity index (χ0n) is 33.0. The van der Waals surface area contributed by atoms with Crippen molar-refractivity contribution in [3.05, 3.63) is 82.3 Å². The molecule has 304 valence electrons. The van der Waals surface area contributed by atoms with E-state index in [4.69, 9.17) is 0 Å². The van der Waals surface area contributed by atoms with Crippen LogP contribution in [0.15, 0.2) is 71.2 Å². The fourth-order valence-electron chi connectivity index (χ4n) is 7.56. The first-order chi connectivity index (χ1) is 26.1. The minimum absolute atomic E-state index is 0.0708. The Morgan fingerprint density at radius 1 is 0.964 bits per heavy atom. The van der Waals surface area contributed by atoms with Crippen LogP contribution >= 0.6 is 43.4 Å². The van der Waals surface area contributed by atoms with Gasteiger partial charge in [0.1, 0.15) is 20.8 Å². The van der Waals surface area contributed by atoms with E-state index in [1.165, 1.54) is 0 Å². The maximum Gasteiger partial charge on any atom is 0.310 e. The highest BCUT2D eigenvalue weighted by Crippen LogP contribution is 2.51. The van der Waals surface area contributed by atoms with Gasteiger partial charge in [0.2, 0.25) is 5.69 Å². The molecule has 2 aromatic carbocycles. The van der Waals surface area contributed by atoms with Crippen LogP contribution in [-0.4, -0.2) is 67.5 Å². The third kappa shape index (κ3) is 9.37. The topological polar surface area (TPSA) is 148 Å². The highest BCUT2D eigenvalue weighted by atomic mass is 32.2. The van der Waals surface area contributed by atoms with Gasteiger partial charge in [-0.1, -0.05) is 26.0 Å². The molecule has 3 aliphatic rings. The molecule has 0 saturated heterocycles. The summed E-state index contributed by atoms with van der Waals surface area (Å²) in [5.74, 6) is -0.869. The smallest absolute Gasteiger partial charge is 0.310 e. The summed E-state index contributed by atoms with van der Waals surface area (Å²) in [6.45, 7) is 16.0. The van der Waals surface area contributed by atoms with Crippen molar-refractivity contribution in [2.45, 2.75) is 70.6 Å². The average molecular weight is 866 g/mol. The van der Waals surface area contributed by atoms with E-state index in [9.17, 15) is 33.3 Å². The molecule has 2 aromatic rings. The Morgan fingerprint density at radius 2 is 1.61 bits per heavy atom. The van der Waals surface area contributed by atoms with Gasteiger partial charge in [0.05, 0.1) is 5.41 Å². The molecule has 0 amide bonds. The molecule has 0 aromatic heterocycles. The van der Waals surface area contributed by atoms with Gasteiger partial charge in [0.25, 0.3) is 8.15 Å². The van der Waals surface area contributed by atoms with Gasteiger partial charge in [0.15, 0.2) is 11.5 Å². The van der Waals surface area contributed by atoms with Gasteiger partial charge in [-0.25, -0.2) is 0 Å². The second-order valence-corrected chi connectivity index (χ2v) is 25.2. The molecular weight excluding hydrogens is 815 g/mol. The first-order valence-corrected chi connectivity index (χ1v) is 27.2. The van der Waals surface area contributed by atoms with Gasteiger partial charge >= 0.3 is 5.97 Å². The third-order valence-electron chi connectivity index (χ3n) is 10.7. The quantitative estimate of drug-likeness (QED) is 0.0315. The van der Waals surface area contributed by atoms with Crippen LogP contribution in [0.1, 0.15) is 70.9 Å². The number of halogens is 1. The summed E-state index contributed by atoms with van der Waals surface area (Å²) < 4.78 is 50.5. The number of allylic oxidation sites excluding steroid dienone is 5. The van der Waals surface area contributed by atoms with E-state index in [1.54, 1.807) is 38.8 Å². The van der Waals surface area contributed by atoms with Crippen molar-refractivity contribution in [1.82, 2.24) is 0 Å². The van der Waals surface area contributed by atoms with E-state index in [1.807, 2.05) is 73.0 Å². The molecule has 11 nitrogen and oxygen atoms in total. The van der Waals surface area contributed by atoms with Gasteiger partial charge < -0.3 is 28.9 Å². The molecule has 0 N–H and O–H groups in total. The highest BCUT2D eigenvalue weighted by molar-refractivity contribution is 8.08. The lowest BCUT2D eigenvalue weighted by atomic mass is 9.77. The lowest BCUT2D eigenvalue weighted by molar-refractivity contribution is -0.777. The summed E-state index contributed by atoms with van der Waals surface area (Å²) in [6, 6.07) is 11.5. The van der Waals surface area contributed by atoms with Crippen molar-refractivity contribution in [3.8, 4) is 0 Å². The number of anilines is 1. The van der Waals surface area contributed by atoms with E-state index in [-0.39, 0.29) is 29.1 Å². The fourth-order valence-corrected chi connectivity index (χ4v) is 10.3. The first-order valence-electron chi connectivity index (χ1n) is 18.3. The lowest BCUT2D eigenvalue weighted by Gasteiger charge is -2.33. The predicted molar refractivity (Wildman–Crippen MR) is 224 cm³/mol.